The average Bonchev–Trinajstić information content (AvgIpc) is 3.40. The third-order valence-electron chi connectivity index (χ3n) is 6.14. The Bertz CT molecular complexity index is 1700. The number of aryl methyl sites for hydroxylation is 1. The van der Waals surface area contributed by atoms with Gasteiger partial charge in [-0.05, 0) is 57.6 Å². The molecule has 0 N–H and O–H groups in total. The zero-order chi connectivity index (χ0) is 23.4. The smallest absolute Gasteiger partial charge is 0.271 e. The molecule has 1 aliphatic heterocycles. The van der Waals surface area contributed by atoms with Gasteiger partial charge in [-0.3, -0.25) is 19.5 Å². The molecule has 3 heterocycles. The molecular formula is C25H16BrN3O4S. The van der Waals surface area contributed by atoms with Crippen molar-refractivity contribution >= 4 is 44.7 Å². The molecule has 1 aliphatic carbocycles. The molecule has 2 aromatic heterocycles. The minimum Gasteiger partial charge on any atom is -0.450 e. The summed E-state index contributed by atoms with van der Waals surface area (Å²) in [7, 11) is 0. The maximum absolute atomic E-state index is 13.6. The van der Waals surface area contributed by atoms with Crippen LogP contribution in [0.3, 0.4) is 0 Å². The minimum absolute atomic E-state index is 0.00424. The first-order valence-electron chi connectivity index (χ1n) is 10.6. The van der Waals surface area contributed by atoms with Crippen molar-refractivity contribution < 1.29 is 9.34 Å². The molecule has 1 atom stereocenters. The molecule has 2 aliphatic rings. The quantitative estimate of drug-likeness (QED) is 0.284. The van der Waals surface area contributed by atoms with Crippen molar-refractivity contribution in [3.05, 3.63) is 123 Å². The lowest BCUT2D eigenvalue weighted by molar-refractivity contribution is -0.384. The Morgan fingerprint density at radius 2 is 2.00 bits per heavy atom. The van der Waals surface area contributed by atoms with Crippen LogP contribution in [0.5, 0.6) is 0 Å². The number of aromatic nitrogens is 1. The zero-order valence-electron chi connectivity index (χ0n) is 17.6. The fourth-order valence-electron chi connectivity index (χ4n) is 4.67. The van der Waals surface area contributed by atoms with Crippen LogP contribution < -0.4 is 14.9 Å². The summed E-state index contributed by atoms with van der Waals surface area (Å²) in [5.41, 5.74) is 4.61. The highest BCUT2D eigenvalue weighted by Gasteiger charge is 2.33. The molecule has 9 heteroatoms. The Morgan fingerprint density at radius 1 is 1.15 bits per heavy atom. The molecule has 0 amide bonds. The van der Waals surface area contributed by atoms with Gasteiger partial charge in [0.2, 0.25) is 0 Å². The van der Waals surface area contributed by atoms with Gasteiger partial charge >= 0.3 is 0 Å². The first kappa shape index (κ1) is 21.0. The SMILES string of the molecule is O=c1/c(=C/c2ccc(Br)o2)sc2n1C(c1cccc([N+](=O)[O-])c1)C1=C(N=2)c2ccccc2CC1. The predicted molar refractivity (Wildman–Crippen MR) is 132 cm³/mol. The van der Waals surface area contributed by atoms with E-state index in [1.54, 1.807) is 34.9 Å². The van der Waals surface area contributed by atoms with Gasteiger partial charge in [0, 0.05) is 23.8 Å². The highest BCUT2D eigenvalue weighted by molar-refractivity contribution is 9.10. The number of fused-ring (bicyclic) bond motifs is 3. The van der Waals surface area contributed by atoms with Crippen molar-refractivity contribution in [1.29, 1.82) is 0 Å². The van der Waals surface area contributed by atoms with Gasteiger partial charge in [0.15, 0.2) is 9.47 Å². The van der Waals surface area contributed by atoms with Crippen LogP contribution in [0.1, 0.15) is 34.9 Å². The van der Waals surface area contributed by atoms with Crippen LogP contribution in [0.2, 0.25) is 0 Å². The molecular weight excluding hydrogens is 518 g/mol. The molecule has 4 aromatic rings. The molecule has 2 aromatic carbocycles. The number of rotatable bonds is 3. The largest absolute Gasteiger partial charge is 0.450 e. The molecule has 1 unspecified atom stereocenters. The van der Waals surface area contributed by atoms with Crippen LogP contribution in [0.25, 0.3) is 11.8 Å². The molecule has 6 rings (SSSR count). The number of furan rings is 1. The summed E-state index contributed by atoms with van der Waals surface area (Å²) in [5.74, 6) is 0.554. The number of nitrogens with zero attached hydrogens (tertiary/aromatic N) is 3. The van der Waals surface area contributed by atoms with Crippen molar-refractivity contribution in [2.45, 2.75) is 18.9 Å². The summed E-state index contributed by atoms with van der Waals surface area (Å²) in [6.07, 6.45) is 3.24. The molecule has 0 saturated carbocycles. The van der Waals surface area contributed by atoms with E-state index in [9.17, 15) is 14.9 Å². The number of benzene rings is 2. The summed E-state index contributed by atoms with van der Waals surface area (Å²) < 4.78 is 8.31. The highest BCUT2D eigenvalue weighted by atomic mass is 79.9. The van der Waals surface area contributed by atoms with Crippen LogP contribution in [0, 0.1) is 10.1 Å². The lowest BCUT2D eigenvalue weighted by Gasteiger charge is -2.30. The summed E-state index contributed by atoms with van der Waals surface area (Å²) in [6.45, 7) is 0. The average molecular weight is 534 g/mol. The number of thiazole rings is 1. The topological polar surface area (TPSA) is 90.6 Å². The van der Waals surface area contributed by atoms with E-state index in [2.05, 4.69) is 22.0 Å². The van der Waals surface area contributed by atoms with E-state index in [0.29, 0.717) is 25.3 Å². The second-order valence-corrected chi connectivity index (χ2v) is 9.90. The van der Waals surface area contributed by atoms with E-state index in [-0.39, 0.29) is 11.2 Å². The second-order valence-electron chi connectivity index (χ2n) is 8.11. The fourth-order valence-corrected chi connectivity index (χ4v) is 5.97. The van der Waals surface area contributed by atoms with Crippen molar-refractivity contribution in [3.8, 4) is 0 Å². The lowest BCUT2D eigenvalue weighted by atomic mass is 9.83. The van der Waals surface area contributed by atoms with E-state index >= 15 is 0 Å². The van der Waals surface area contributed by atoms with Crippen LogP contribution in [-0.2, 0) is 6.42 Å². The van der Waals surface area contributed by atoms with E-state index in [0.717, 1.165) is 29.7 Å². The van der Waals surface area contributed by atoms with Gasteiger partial charge in [-0.25, -0.2) is 4.99 Å². The number of nitro benzene ring substituents is 1. The molecule has 168 valence electrons. The number of hydrogen-bond donors (Lipinski definition) is 0. The number of hydrogen-bond acceptors (Lipinski definition) is 6. The Morgan fingerprint density at radius 3 is 2.79 bits per heavy atom. The first-order valence-corrected chi connectivity index (χ1v) is 12.2. The van der Waals surface area contributed by atoms with Crippen LogP contribution in [0.15, 0.2) is 85.1 Å². The van der Waals surface area contributed by atoms with Gasteiger partial charge in [-0.2, -0.15) is 0 Å². The Labute approximate surface area is 205 Å². The van der Waals surface area contributed by atoms with Gasteiger partial charge in [-0.15, -0.1) is 0 Å². The summed E-state index contributed by atoms with van der Waals surface area (Å²) in [4.78, 5) is 30.2. The second kappa shape index (κ2) is 8.03. The van der Waals surface area contributed by atoms with Gasteiger partial charge in [-0.1, -0.05) is 47.7 Å². The monoisotopic (exact) mass is 533 g/mol. The van der Waals surface area contributed by atoms with Gasteiger partial charge in [0.05, 0.1) is 21.2 Å². The minimum atomic E-state index is -0.468. The number of halogens is 1. The van der Waals surface area contributed by atoms with Crippen molar-refractivity contribution in [2.24, 2.45) is 4.99 Å². The third kappa shape index (κ3) is 3.39. The summed E-state index contributed by atoms with van der Waals surface area (Å²) >= 11 is 4.58. The number of non-ortho nitro benzene ring substituents is 1. The van der Waals surface area contributed by atoms with E-state index in [4.69, 9.17) is 9.41 Å². The summed E-state index contributed by atoms with van der Waals surface area (Å²) in [6, 6.07) is 17.8. The zero-order valence-corrected chi connectivity index (χ0v) is 20.0. The maximum Gasteiger partial charge on any atom is 0.271 e. The molecule has 0 spiro atoms. The first-order chi connectivity index (χ1) is 16.5. The van der Waals surface area contributed by atoms with Gasteiger partial charge in [0.25, 0.3) is 11.2 Å². The summed E-state index contributed by atoms with van der Waals surface area (Å²) in [5, 5.41) is 11.5. The molecule has 7 nitrogen and oxygen atoms in total. The van der Waals surface area contributed by atoms with E-state index in [1.165, 1.54) is 23.0 Å². The van der Waals surface area contributed by atoms with Crippen LogP contribution in [-0.4, -0.2) is 9.49 Å². The lowest BCUT2D eigenvalue weighted by Crippen LogP contribution is -2.38. The van der Waals surface area contributed by atoms with Crippen LogP contribution in [0.4, 0.5) is 5.69 Å². The molecule has 0 bridgehead atoms. The van der Waals surface area contributed by atoms with Gasteiger partial charge in [0.1, 0.15) is 5.76 Å². The van der Waals surface area contributed by atoms with Gasteiger partial charge < -0.3 is 4.42 Å². The molecule has 34 heavy (non-hydrogen) atoms. The van der Waals surface area contributed by atoms with Crippen LogP contribution >= 0.6 is 27.3 Å². The molecule has 0 fully saturated rings. The Balaban J connectivity index is 1.64. The predicted octanol–water partition coefficient (Wildman–Crippen LogP) is 4.58. The standard InChI is InChI=1S/C25H16BrN3O4S/c26-21-11-9-17(33-21)13-20-24(30)28-23(15-5-3-6-16(12-15)29(31)32)19-10-8-14-4-1-2-7-18(14)22(19)27-25(28)34-20/h1-7,9,11-13,23H,8,10H2/b20-13-. The van der Waals surface area contributed by atoms with Crippen molar-refractivity contribution in [3.63, 3.8) is 0 Å². The third-order valence-corrected chi connectivity index (χ3v) is 7.55. The highest BCUT2D eigenvalue weighted by Crippen LogP contribution is 2.41. The normalized spacial score (nSPS) is 17.1. The number of allylic oxidation sites excluding steroid dienone is 1. The number of nitro groups is 1. The molecule has 0 saturated heterocycles. The van der Waals surface area contributed by atoms with Crippen molar-refractivity contribution in [2.75, 3.05) is 0 Å². The maximum atomic E-state index is 13.6. The van der Waals surface area contributed by atoms with E-state index in [1.807, 2.05) is 24.3 Å². The Kier molecular flexibility index (Phi) is 4.96. The van der Waals surface area contributed by atoms with E-state index < -0.39 is 11.0 Å². The Hall–Kier alpha value is -3.56. The molecule has 0 radical (unpaired) electrons. The van der Waals surface area contributed by atoms with Crippen molar-refractivity contribution in [1.82, 2.24) is 4.57 Å². The fraction of sp³-hybridized carbons (Fsp3) is 0.120.